The minimum absolute atomic E-state index is 0.0556. The Bertz CT molecular complexity index is 179. The maximum atomic E-state index is 11.4. The minimum Gasteiger partial charge on any atom is -0.344 e. The van der Waals surface area contributed by atoms with Crippen LogP contribution in [0.3, 0.4) is 0 Å². The van der Waals surface area contributed by atoms with Gasteiger partial charge < -0.3 is 10.2 Å². The number of hydrogen-bond acceptors (Lipinski definition) is 2. The maximum Gasteiger partial charge on any atom is 0.230 e. The number of piperidine rings is 1. The van der Waals surface area contributed by atoms with Crippen LogP contribution in [0.5, 0.6) is 0 Å². The van der Waals surface area contributed by atoms with Crippen LogP contribution in [0.2, 0.25) is 0 Å². The summed E-state index contributed by atoms with van der Waals surface area (Å²) in [6.45, 7) is 3.01. The summed E-state index contributed by atoms with van der Waals surface area (Å²) in [5.74, 6) is 0.360. The number of carbonyl (C=O) groups is 1. The van der Waals surface area contributed by atoms with Crippen molar-refractivity contribution in [1.29, 1.82) is 0 Å². The molecule has 0 saturated carbocycles. The summed E-state index contributed by atoms with van der Waals surface area (Å²) in [5.41, 5.74) is 0.0556. The zero-order chi connectivity index (χ0) is 7.90. The number of nitrogens with one attached hydrogen (secondary N) is 1. The largest absolute Gasteiger partial charge is 0.344 e. The fraction of sp³-hybridized carbons (Fsp3) is 0.875. The Labute approximate surface area is 66.8 Å². The number of carbonyl (C=O) groups excluding carboxylic acids is 1. The third-order valence-electron chi connectivity index (χ3n) is 2.90. The first kappa shape index (κ1) is 7.10. The van der Waals surface area contributed by atoms with E-state index in [9.17, 15) is 4.79 Å². The van der Waals surface area contributed by atoms with Crippen LogP contribution in [-0.4, -0.2) is 37.5 Å². The van der Waals surface area contributed by atoms with E-state index in [2.05, 4.69) is 5.32 Å². The molecule has 2 heterocycles. The van der Waals surface area contributed by atoms with Crippen molar-refractivity contribution in [2.75, 3.05) is 26.7 Å². The molecule has 0 bridgehead atoms. The first-order valence-electron chi connectivity index (χ1n) is 4.21. The lowest BCUT2D eigenvalue weighted by Crippen LogP contribution is -2.62. The molecule has 2 rings (SSSR count). The molecule has 3 heteroatoms. The van der Waals surface area contributed by atoms with Crippen molar-refractivity contribution in [1.82, 2.24) is 10.2 Å². The van der Waals surface area contributed by atoms with Crippen LogP contribution in [-0.2, 0) is 4.79 Å². The van der Waals surface area contributed by atoms with Gasteiger partial charge in [0.2, 0.25) is 5.91 Å². The predicted octanol–water partition coefficient (Wildman–Crippen LogP) is -0.172. The van der Waals surface area contributed by atoms with Crippen molar-refractivity contribution in [2.24, 2.45) is 5.41 Å². The first-order valence-corrected chi connectivity index (χ1v) is 4.21. The van der Waals surface area contributed by atoms with Gasteiger partial charge in [0.05, 0.1) is 5.41 Å². The van der Waals surface area contributed by atoms with Crippen LogP contribution in [0, 0.1) is 5.41 Å². The molecule has 0 aromatic carbocycles. The van der Waals surface area contributed by atoms with E-state index < -0.39 is 0 Å². The number of β-lactam (4-membered cyclic amide) rings is 1. The molecule has 11 heavy (non-hydrogen) atoms. The average molecular weight is 154 g/mol. The summed E-state index contributed by atoms with van der Waals surface area (Å²) >= 11 is 0. The maximum absolute atomic E-state index is 11.4. The van der Waals surface area contributed by atoms with Gasteiger partial charge in [0.15, 0.2) is 0 Å². The van der Waals surface area contributed by atoms with Crippen molar-refractivity contribution in [3.05, 3.63) is 0 Å². The molecule has 0 aliphatic carbocycles. The van der Waals surface area contributed by atoms with E-state index in [0.717, 1.165) is 32.5 Å². The molecule has 3 nitrogen and oxygen atoms in total. The molecule has 2 saturated heterocycles. The highest BCUT2D eigenvalue weighted by Crippen LogP contribution is 2.38. The van der Waals surface area contributed by atoms with Crippen LogP contribution in [0.1, 0.15) is 12.8 Å². The third kappa shape index (κ3) is 0.872. The number of nitrogens with zero attached hydrogens (tertiary/aromatic N) is 1. The van der Waals surface area contributed by atoms with Crippen LogP contribution in [0.25, 0.3) is 0 Å². The topological polar surface area (TPSA) is 32.3 Å². The highest BCUT2D eigenvalue weighted by Gasteiger charge is 2.50. The molecule has 0 aromatic rings. The summed E-state index contributed by atoms with van der Waals surface area (Å²) in [4.78, 5) is 13.3. The summed E-state index contributed by atoms with van der Waals surface area (Å²) in [6, 6.07) is 0. The summed E-state index contributed by atoms with van der Waals surface area (Å²) < 4.78 is 0. The lowest BCUT2D eigenvalue weighted by atomic mass is 9.72. The van der Waals surface area contributed by atoms with Gasteiger partial charge in [-0.05, 0) is 25.9 Å². The van der Waals surface area contributed by atoms with Gasteiger partial charge in [0.25, 0.3) is 0 Å². The van der Waals surface area contributed by atoms with Crippen LogP contribution in [0.15, 0.2) is 0 Å². The number of hydrogen-bond donors (Lipinski definition) is 1. The molecule has 0 unspecified atom stereocenters. The second-order valence-corrected chi connectivity index (χ2v) is 3.69. The van der Waals surface area contributed by atoms with Crippen molar-refractivity contribution in [3.8, 4) is 0 Å². The molecule has 2 fully saturated rings. The van der Waals surface area contributed by atoms with Crippen LogP contribution >= 0.6 is 0 Å². The molecular weight excluding hydrogens is 140 g/mol. The van der Waals surface area contributed by atoms with Crippen LogP contribution < -0.4 is 5.32 Å². The van der Waals surface area contributed by atoms with E-state index in [0.29, 0.717) is 5.91 Å². The third-order valence-corrected chi connectivity index (χ3v) is 2.90. The average Bonchev–Trinajstić information content (AvgIpc) is 2.06. The molecule has 1 N–H and O–H groups in total. The molecule has 2 aliphatic rings. The van der Waals surface area contributed by atoms with E-state index in [1.54, 1.807) is 0 Å². The molecule has 0 aromatic heterocycles. The lowest BCUT2D eigenvalue weighted by molar-refractivity contribution is -0.160. The second-order valence-electron chi connectivity index (χ2n) is 3.69. The van der Waals surface area contributed by atoms with Gasteiger partial charge in [-0.3, -0.25) is 4.79 Å². The van der Waals surface area contributed by atoms with Crippen molar-refractivity contribution >= 4 is 5.91 Å². The Morgan fingerprint density at radius 3 is 2.55 bits per heavy atom. The monoisotopic (exact) mass is 154 g/mol. The van der Waals surface area contributed by atoms with E-state index in [1.165, 1.54) is 0 Å². The molecule has 0 radical (unpaired) electrons. The molecule has 2 aliphatic heterocycles. The molecule has 1 amide bonds. The lowest BCUT2D eigenvalue weighted by Gasteiger charge is -2.49. The predicted molar refractivity (Wildman–Crippen MR) is 42.2 cm³/mol. The van der Waals surface area contributed by atoms with E-state index in [1.807, 2.05) is 11.9 Å². The second kappa shape index (κ2) is 2.21. The van der Waals surface area contributed by atoms with E-state index >= 15 is 0 Å². The van der Waals surface area contributed by atoms with Gasteiger partial charge in [-0.2, -0.15) is 0 Å². The number of amides is 1. The summed E-state index contributed by atoms with van der Waals surface area (Å²) in [5, 5.41) is 3.27. The van der Waals surface area contributed by atoms with Gasteiger partial charge >= 0.3 is 0 Å². The molecule has 1 spiro atoms. The van der Waals surface area contributed by atoms with Gasteiger partial charge in [0, 0.05) is 13.6 Å². The smallest absolute Gasteiger partial charge is 0.230 e. The van der Waals surface area contributed by atoms with E-state index in [4.69, 9.17) is 0 Å². The van der Waals surface area contributed by atoms with Gasteiger partial charge in [0.1, 0.15) is 0 Å². The summed E-state index contributed by atoms with van der Waals surface area (Å²) in [6.07, 6.45) is 2.08. The highest BCUT2D eigenvalue weighted by molar-refractivity contribution is 5.88. The number of likely N-dealkylation sites (tertiary alicyclic amines) is 1. The van der Waals surface area contributed by atoms with Crippen molar-refractivity contribution in [2.45, 2.75) is 12.8 Å². The standard InChI is InChI=1S/C8H14N2O/c1-10-6-8(7(10)11)2-4-9-5-3-8/h9H,2-6H2,1H3. The first-order chi connectivity index (χ1) is 5.25. The van der Waals surface area contributed by atoms with Crippen molar-refractivity contribution < 1.29 is 4.79 Å². The Morgan fingerprint density at radius 1 is 1.45 bits per heavy atom. The molecule has 62 valence electrons. The fourth-order valence-electron chi connectivity index (χ4n) is 2.18. The molecular formula is C8H14N2O. The van der Waals surface area contributed by atoms with Crippen molar-refractivity contribution in [3.63, 3.8) is 0 Å². The Morgan fingerprint density at radius 2 is 2.09 bits per heavy atom. The van der Waals surface area contributed by atoms with Crippen LogP contribution in [0.4, 0.5) is 0 Å². The fourth-order valence-corrected chi connectivity index (χ4v) is 2.18. The minimum atomic E-state index is 0.0556. The zero-order valence-electron chi connectivity index (χ0n) is 6.89. The quantitative estimate of drug-likeness (QED) is 0.491. The SMILES string of the molecule is CN1CC2(CCNCC2)C1=O. The Balaban J connectivity index is 2.06. The normalized spacial score (nSPS) is 28.8. The highest BCUT2D eigenvalue weighted by atomic mass is 16.2. The number of rotatable bonds is 0. The van der Waals surface area contributed by atoms with Gasteiger partial charge in [-0.1, -0.05) is 0 Å². The Kier molecular flexibility index (Phi) is 1.42. The summed E-state index contributed by atoms with van der Waals surface area (Å²) in [7, 11) is 1.88. The Hall–Kier alpha value is -0.570. The van der Waals surface area contributed by atoms with Gasteiger partial charge in [-0.25, -0.2) is 0 Å². The zero-order valence-corrected chi connectivity index (χ0v) is 6.89. The van der Waals surface area contributed by atoms with E-state index in [-0.39, 0.29) is 5.41 Å². The van der Waals surface area contributed by atoms with Gasteiger partial charge in [-0.15, -0.1) is 0 Å². The molecule has 0 atom stereocenters.